The van der Waals surface area contributed by atoms with E-state index in [0.29, 0.717) is 16.6 Å². The van der Waals surface area contributed by atoms with E-state index < -0.39 is 0 Å². The molecule has 1 amide bonds. The average molecular weight is 375 g/mol. The van der Waals surface area contributed by atoms with E-state index in [4.69, 9.17) is 11.6 Å². The Morgan fingerprint density at radius 2 is 1.88 bits per heavy atom. The molecule has 0 spiro atoms. The third-order valence-corrected chi connectivity index (χ3v) is 5.17. The molecule has 3 rings (SSSR count). The van der Waals surface area contributed by atoms with Crippen LogP contribution in [-0.4, -0.2) is 17.1 Å². The van der Waals surface area contributed by atoms with Gasteiger partial charge in [0.25, 0.3) is 0 Å². The topological polar surface area (TPSA) is 42.0 Å². The maximum atomic E-state index is 12.2. The van der Waals surface area contributed by atoms with Crippen molar-refractivity contribution in [1.29, 1.82) is 0 Å². The number of halogens is 1. The van der Waals surface area contributed by atoms with Crippen LogP contribution in [0.3, 0.4) is 0 Å². The summed E-state index contributed by atoms with van der Waals surface area (Å²) >= 11 is 8.99. The van der Waals surface area contributed by atoms with E-state index in [2.05, 4.69) is 10.3 Å². The van der Waals surface area contributed by atoms with Crippen LogP contribution in [0.2, 0.25) is 5.02 Å². The Morgan fingerprint density at radius 1 is 1.17 bits per heavy atom. The Balaban J connectivity index is 1.63. The van der Waals surface area contributed by atoms with Gasteiger partial charge in [-0.15, -0.1) is 23.1 Å². The number of nitrogens with zero attached hydrogens (tertiary/aromatic N) is 1. The van der Waals surface area contributed by atoms with Crippen molar-refractivity contribution < 1.29 is 4.79 Å². The molecule has 0 unspecified atom stereocenters. The van der Waals surface area contributed by atoms with Gasteiger partial charge < -0.3 is 5.32 Å². The molecular formula is C18H15ClN2OS2. The SMILES string of the molecule is CSc1ccc(CC(=O)Nc2nc(-c3ccc(Cl)cc3)cs2)cc1. The summed E-state index contributed by atoms with van der Waals surface area (Å²) in [6, 6.07) is 15.5. The number of benzene rings is 2. The van der Waals surface area contributed by atoms with Crippen LogP contribution in [0.5, 0.6) is 0 Å². The Bertz CT molecular complexity index is 829. The van der Waals surface area contributed by atoms with E-state index >= 15 is 0 Å². The van der Waals surface area contributed by atoms with Crippen LogP contribution >= 0.6 is 34.7 Å². The van der Waals surface area contributed by atoms with Crippen molar-refractivity contribution in [3.05, 3.63) is 64.5 Å². The number of carbonyl (C=O) groups excluding carboxylic acids is 1. The smallest absolute Gasteiger partial charge is 0.230 e. The molecule has 1 heterocycles. The fourth-order valence-corrected chi connectivity index (χ4v) is 3.45. The van der Waals surface area contributed by atoms with Crippen LogP contribution in [0.15, 0.2) is 58.8 Å². The van der Waals surface area contributed by atoms with Gasteiger partial charge in [-0.1, -0.05) is 35.9 Å². The quantitative estimate of drug-likeness (QED) is 0.610. The molecule has 0 saturated heterocycles. The molecule has 0 fully saturated rings. The molecule has 3 aromatic rings. The zero-order valence-electron chi connectivity index (χ0n) is 13.0. The lowest BCUT2D eigenvalue weighted by Gasteiger charge is -2.03. The van der Waals surface area contributed by atoms with Gasteiger partial charge in [-0.25, -0.2) is 4.98 Å². The monoisotopic (exact) mass is 374 g/mol. The minimum Gasteiger partial charge on any atom is -0.302 e. The standard InChI is InChI=1S/C18H15ClN2OS2/c1-23-15-8-2-12(3-9-15)10-17(22)21-18-20-16(11-24-18)13-4-6-14(19)7-5-13/h2-9,11H,10H2,1H3,(H,20,21,22). The molecule has 24 heavy (non-hydrogen) atoms. The summed E-state index contributed by atoms with van der Waals surface area (Å²) in [6.07, 6.45) is 2.37. The number of carbonyl (C=O) groups is 1. The summed E-state index contributed by atoms with van der Waals surface area (Å²) in [4.78, 5) is 17.8. The molecule has 122 valence electrons. The van der Waals surface area contributed by atoms with E-state index in [-0.39, 0.29) is 5.91 Å². The van der Waals surface area contributed by atoms with Gasteiger partial charge in [0.1, 0.15) is 0 Å². The number of nitrogens with one attached hydrogen (secondary N) is 1. The third kappa shape index (κ3) is 4.38. The maximum Gasteiger partial charge on any atom is 0.230 e. The van der Waals surface area contributed by atoms with Gasteiger partial charge in [0.2, 0.25) is 5.91 Å². The van der Waals surface area contributed by atoms with Crippen LogP contribution in [0.4, 0.5) is 5.13 Å². The molecule has 0 atom stereocenters. The van der Waals surface area contributed by atoms with Gasteiger partial charge in [-0.3, -0.25) is 4.79 Å². The molecule has 0 aliphatic carbocycles. The number of hydrogen-bond donors (Lipinski definition) is 1. The Hall–Kier alpha value is -1.82. The Morgan fingerprint density at radius 3 is 2.54 bits per heavy atom. The Labute approximate surface area is 154 Å². The molecule has 0 saturated carbocycles. The molecule has 1 aromatic heterocycles. The van der Waals surface area contributed by atoms with Crippen molar-refractivity contribution >= 4 is 45.7 Å². The molecule has 2 aromatic carbocycles. The highest BCUT2D eigenvalue weighted by atomic mass is 35.5. The summed E-state index contributed by atoms with van der Waals surface area (Å²) in [6.45, 7) is 0. The molecule has 0 bridgehead atoms. The lowest BCUT2D eigenvalue weighted by molar-refractivity contribution is -0.115. The fourth-order valence-electron chi connectivity index (χ4n) is 2.18. The van der Waals surface area contributed by atoms with Crippen LogP contribution < -0.4 is 5.32 Å². The number of thioether (sulfide) groups is 1. The molecule has 6 heteroatoms. The number of rotatable bonds is 5. The number of amides is 1. The van der Waals surface area contributed by atoms with Crippen LogP contribution in [0.25, 0.3) is 11.3 Å². The van der Waals surface area contributed by atoms with Crippen molar-refractivity contribution in [2.75, 3.05) is 11.6 Å². The molecule has 0 radical (unpaired) electrons. The van der Waals surface area contributed by atoms with Gasteiger partial charge in [-0.2, -0.15) is 0 Å². The highest BCUT2D eigenvalue weighted by Crippen LogP contribution is 2.26. The van der Waals surface area contributed by atoms with Gasteiger partial charge >= 0.3 is 0 Å². The first-order valence-electron chi connectivity index (χ1n) is 7.28. The predicted molar refractivity (Wildman–Crippen MR) is 103 cm³/mol. The molecule has 3 nitrogen and oxygen atoms in total. The second-order valence-electron chi connectivity index (χ2n) is 5.12. The van der Waals surface area contributed by atoms with Crippen LogP contribution in [0, 0.1) is 0 Å². The summed E-state index contributed by atoms with van der Waals surface area (Å²) < 4.78 is 0. The molecule has 0 aliphatic rings. The molecule has 1 N–H and O–H groups in total. The molecular weight excluding hydrogens is 360 g/mol. The van der Waals surface area contributed by atoms with Crippen LogP contribution in [0.1, 0.15) is 5.56 Å². The zero-order chi connectivity index (χ0) is 16.9. The number of thiazole rings is 1. The summed E-state index contributed by atoms with van der Waals surface area (Å²) in [5.41, 5.74) is 2.79. The third-order valence-electron chi connectivity index (χ3n) is 3.41. The zero-order valence-corrected chi connectivity index (χ0v) is 15.3. The van der Waals surface area contributed by atoms with E-state index in [9.17, 15) is 4.79 Å². The highest BCUT2D eigenvalue weighted by molar-refractivity contribution is 7.98. The van der Waals surface area contributed by atoms with E-state index in [0.717, 1.165) is 16.8 Å². The largest absolute Gasteiger partial charge is 0.302 e. The second kappa shape index (κ2) is 7.83. The maximum absolute atomic E-state index is 12.2. The minimum absolute atomic E-state index is 0.0658. The predicted octanol–water partition coefficient (Wildman–Crippen LogP) is 5.37. The van der Waals surface area contributed by atoms with E-state index in [1.54, 1.807) is 11.8 Å². The number of hydrogen-bond acceptors (Lipinski definition) is 4. The van der Waals surface area contributed by atoms with E-state index in [1.807, 2.05) is 60.2 Å². The summed E-state index contributed by atoms with van der Waals surface area (Å²) in [5, 5.41) is 6.07. The first-order chi connectivity index (χ1) is 11.6. The van der Waals surface area contributed by atoms with Crippen molar-refractivity contribution in [1.82, 2.24) is 4.98 Å². The second-order valence-corrected chi connectivity index (χ2v) is 7.29. The first kappa shape index (κ1) is 17.0. The fraction of sp³-hybridized carbons (Fsp3) is 0.111. The summed E-state index contributed by atoms with van der Waals surface area (Å²) in [7, 11) is 0. The highest BCUT2D eigenvalue weighted by Gasteiger charge is 2.09. The van der Waals surface area contributed by atoms with Crippen molar-refractivity contribution in [3.8, 4) is 11.3 Å². The van der Waals surface area contributed by atoms with Gasteiger partial charge in [0.05, 0.1) is 12.1 Å². The molecule has 0 aliphatic heterocycles. The number of aromatic nitrogens is 1. The van der Waals surface area contributed by atoms with Gasteiger partial charge in [-0.05, 0) is 36.1 Å². The van der Waals surface area contributed by atoms with Crippen molar-refractivity contribution in [3.63, 3.8) is 0 Å². The van der Waals surface area contributed by atoms with E-state index in [1.165, 1.54) is 16.2 Å². The van der Waals surface area contributed by atoms with Gasteiger partial charge in [0.15, 0.2) is 5.13 Å². The summed E-state index contributed by atoms with van der Waals surface area (Å²) in [5.74, 6) is -0.0658. The average Bonchev–Trinajstić information content (AvgIpc) is 3.04. The van der Waals surface area contributed by atoms with Crippen molar-refractivity contribution in [2.45, 2.75) is 11.3 Å². The normalized spacial score (nSPS) is 10.6. The Kier molecular flexibility index (Phi) is 5.56. The lowest BCUT2D eigenvalue weighted by atomic mass is 10.1. The van der Waals surface area contributed by atoms with Crippen LogP contribution in [-0.2, 0) is 11.2 Å². The minimum atomic E-state index is -0.0658. The van der Waals surface area contributed by atoms with Crippen molar-refractivity contribution in [2.24, 2.45) is 0 Å². The first-order valence-corrected chi connectivity index (χ1v) is 9.76. The number of anilines is 1. The van der Waals surface area contributed by atoms with Gasteiger partial charge in [0, 0.05) is 20.9 Å². The lowest BCUT2D eigenvalue weighted by Crippen LogP contribution is -2.14.